The molecule has 0 spiro atoms. The molecule has 1 aliphatic rings. The van der Waals surface area contributed by atoms with Gasteiger partial charge in [-0.1, -0.05) is 0 Å². The number of pyridine rings is 2. The Morgan fingerprint density at radius 1 is 1.07 bits per heavy atom. The van der Waals surface area contributed by atoms with Crippen LogP contribution in [-0.4, -0.2) is 32.0 Å². The van der Waals surface area contributed by atoms with Gasteiger partial charge in [-0.15, -0.1) is 0 Å². The van der Waals surface area contributed by atoms with Crippen LogP contribution in [0.4, 0.5) is 5.69 Å². The van der Waals surface area contributed by atoms with Gasteiger partial charge < -0.3 is 10.1 Å². The molecule has 0 saturated carbocycles. The molecule has 4 aromatic rings. The smallest absolute Gasteiger partial charge is 0.262 e. The van der Waals surface area contributed by atoms with Crippen molar-refractivity contribution in [3.8, 4) is 22.7 Å². The maximum atomic E-state index is 11.5. The maximum Gasteiger partial charge on any atom is 0.262 e. The van der Waals surface area contributed by atoms with Gasteiger partial charge in [-0.3, -0.25) is 14.3 Å². The van der Waals surface area contributed by atoms with E-state index in [0.717, 1.165) is 39.6 Å². The highest BCUT2D eigenvalue weighted by molar-refractivity contribution is 5.95. The van der Waals surface area contributed by atoms with Gasteiger partial charge in [0, 0.05) is 23.5 Å². The molecular weight excluding hydrogens is 354 g/mol. The second-order valence-electron chi connectivity index (χ2n) is 6.74. The number of fused-ring (bicyclic) bond motifs is 2. The zero-order valence-corrected chi connectivity index (χ0v) is 15.4. The molecule has 7 nitrogen and oxygen atoms in total. The van der Waals surface area contributed by atoms with Gasteiger partial charge in [0.2, 0.25) is 0 Å². The van der Waals surface area contributed by atoms with Crippen LogP contribution in [0.2, 0.25) is 0 Å². The van der Waals surface area contributed by atoms with Gasteiger partial charge in [0.1, 0.15) is 17.1 Å². The third kappa shape index (κ3) is 2.68. The summed E-state index contributed by atoms with van der Waals surface area (Å²) in [6.45, 7) is 3.92. The van der Waals surface area contributed by atoms with E-state index in [0.29, 0.717) is 11.4 Å². The first-order valence-electron chi connectivity index (χ1n) is 8.95. The minimum atomic E-state index is -0.150. The number of aryl methyl sites for hydroxylation is 2. The molecule has 4 heterocycles. The molecule has 7 heteroatoms. The van der Waals surface area contributed by atoms with Crippen molar-refractivity contribution in [1.29, 1.82) is 0 Å². The van der Waals surface area contributed by atoms with Gasteiger partial charge in [-0.25, -0.2) is 9.97 Å². The Labute approximate surface area is 161 Å². The molecule has 0 fully saturated rings. The lowest BCUT2D eigenvalue weighted by molar-refractivity contribution is -0.118. The molecule has 3 aromatic heterocycles. The fraction of sp³-hybridized carbons (Fsp3) is 0.143. The standard InChI is InChI=1S/C21H17N5O2/c1-12-9-14(7-8-22-12)16-5-6-18-21(25-16)26(13(2)23-18)15-3-4-17-19(10-15)28-11-20(27)24-17/h3-10H,11H2,1-2H3,(H,24,27). The number of carbonyl (C=O) groups excluding carboxylic acids is 1. The summed E-state index contributed by atoms with van der Waals surface area (Å²) in [5, 5.41) is 2.81. The quantitative estimate of drug-likeness (QED) is 0.584. The van der Waals surface area contributed by atoms with Crippen LogP contribution in [0.1, 0.15) is 11.5 Å². The van der Waals surface area contributed by atoms with Crippen LogP contribution in [0, 0.1) is 13.8 Å². The van der Waals surface area contributed by atoms with Crippen LogP contribution in [-0.2, 0) is 4.79 Å². The van der Waals surface area contributed by atoms with E-state index in [2.05, 4.69) is 15.3 Å². The second kappa shape index (κ2) is 6.16. The Balaban J connectivity index is 1.66. The zero-order valence-electron chi connectivity index (χ0n) is 15.4. The summed E-state index contributed by atoms with van der Waals surface area (Å²) in [5.41, 5.74) is 5.95. The lowest BCUT2D eigenvalue weighted by Gasteiger charge is -2.19. The summed E-state index contributed by atoms with van der Waals surface area (Å²) >= 11 is 0. The van der Waals surface area contributed by atoms with E-state index in [9.17, 15) is 4.79 Å². The first-order valence-corrected chi connectivity index (χ1v) is 8.95. The fourth-order valence-electron chi connectivity index (χ4n) is 3.45. The van der Waals surface area contributed by atoms with Crippen LogP contribution in [0.15, 0.2) is 48.7 Å². The first kappa shape index (κ1) is 16.4. The summed E-state index contributed by atoms with van der Waals surface area (Å²) in [6.07, 6.45) is 1.79. The van der Waals surface area contributed by atoms with Crippen molar-refractivity contribution in [3.05, 3.63) is 60.2 Å². The predicted octanol–water partition coefficient (Wildman–Crippen LogP) is 3.43. The van der Waals surface area contributed by atoms with E-state index >= 15 is 0 Å². The highest BCUT2D eigenvalue weighted by atomic mass is 16.5. The predicted molar refractivity (Wildman–Crippen MR) is 106 cm³/mol. The number of hydrogen-bond acceptors (Lipinski definition) is 5. The second-order valence-corrected chi connectivity index (χ2v) is 6.74. The molecule has 0 radical (unpaired) electrons. The SMILES string of the molecule is Cc1cc(-c2ccc3nc(C)n(-c4ccc5c(c4)OCC(=O)N5)c3n2)ccn1. The lowest BCUT2D eigenvalue weighted by Crippen LogP contribution is -2.25. The number of hydrogen-bond donors (Lipinski definition) is 1. The number of nitrogens with zero attached hydrogens (tertiary/aromatic N) is 4. The monoisotopic (exact) mass is 371 g/mol. The van der Waals surface area contributed by atoms with Crippen LogP contribution in [0.25, 0.3) is 28.1 Å². The third-order valence-electron chi connectivity index (χ3n) is 4.72. The molecule has 0 atom stereocenters. The van der Waals surface area contributed by atoms with Crippen LogP contribution in [0.3, 0.4) is 0 Å². The zero-order chi connectivity index (χ0) is 19.3. The Hall–Kier alpha value is -3.74. The Kier molecular flexibility index (Phi) is 3.61. The normalized spacial score (nSPS) is 13.1. The first-order chi connectivity index (χ1) is 13.6. The Bertz CT molecular complexity index is 1250. The average Bonchev–Trinajstić information content (AvgIpc) is 3.02. The van der Waals surface area contributed by atoms with Crippen molar-refractivity contribution >= 4 is 22.8 Å². The minimum absolute atomic E-state index is 0.0178. The molecule has 0 saturated heterocycles. The number of rotatable bonds is 2. The Morgan fingerprint density at radius 2 is 1.96 bits per heavy atom. The van der Waals surface area contributed by atoms with E-state index in [4.69, 9.17) is 9.72 Å². The summed E-state index contributed by atoms with van der Waals surface area (Å²) in [5.74, 6) is 1.31. The van der Waals surface area contributed by atoms with Crippen molar-refractivity contribution in [1.82, 2.24) is 19.5 Å². The van der Waals surface area contributed by atoms with Crippen molar-refractivity contribution in [2.75, 3.05) is 11.9 Å². The number of amides is 1. The number of imidazole rings is 1. The Morgan fingerprint density at radius 3 is 2.82 bits per heavy atom. The van der Waals surface area contributed by atoms with Gasteiger partial charge >= 0.3 is 0 Å². The average molecular weight is 371 g/mol. The summed E-state index contributed by atoms with van der Waals surface area (Å²) in [6, 6.07) is 13.6. The van der Waals surface area contributed by atoms with Crippen LogP contribution >= 0.6 is 0 Å². The van der Waals surface area contributed by atoms with Gasteiger partial charge in [0.05, 0.1) is 17.1 Å². The number of aromatic nitrogens is 4. The maximum absolute atomic E-state index is 11.5. The fourth-order valence-corrected chi connectivity index (χ4v) is 3.45. The minimum Gasteiger partial charge on any atom is -0.482 e. The lowest BCUT2D eigenvalue weighted by atomic mass is 10.1. The molecule has 0 aliphatic carbocycles. The highest BCUT2D eigenvalue weighted by Gasteiger charge is 2.18. The van der Waals surface area contributed by atoms with Crippen molar-refractivity contribution in [2.24, 2.45) is 0 Å². The summed E-state index contributed by atoms with van der Waals surface area (Å²) in [7, 11) is 0. The number of ether oxygens (including phenoxy) is 1. The van der Waals surface area contributed by atoms with Gasteiger partial charge in [0.25, 0.3) is 5.91 Å². The van der Waals surface area contributed by atoms with Crippen LogP contribution in [0.5, 0.6) is 5.75 Å². The molecule has 1 aromatic carbocycles. The molecule has 1 N–H and O–H groups in total. The molecule has 28 heavy (non-hydrogen) atoms. The van der Waals surface area contributed by atoms with Crippen molar-refractivity contribution in [2.45, 2.75) is 13.8 Å². The number of carbonyl (C=O) groups is 1. The third-order valence-corrected chi connectivity index (χ3v) is 4.72. The van der Waals surface area contributed by atoms with Crippen molar-refractivity contribution < 1.29 is 9.53 Å². The van der Waals surface area contributed by atoms with E-state index in [1.807, 2.05) is 60.9 Å². The van der Waals surface area contributed by atoms with Crippen LogP contribution < -0.4 is 10.1 Å². The van der Waals surface area contributed by atoms with Gasteiger partial charge in [-0.2, -0.15) is 0 Å². The van der Waals surface area contributed by atoms with Crippen molar-refractivity contribution in [3.63, 3.8) is 0 Å². The van der Waals surface area contributed by atoms with E-state index in [-0.39, 0.29) is 12.5 Å². The number of nitrogens with one attached hydrogen (secondary N) is 1. The number of anilines is 1. The molecular formula is C21H17N5O2. The highest BCUT2D eigenvalue weighted by Crippen LogP contribution is 2.32. The molecule has 138 valence electrons. The largest absolute Gasteiger partial charge is 0.482 e. The molecule has 1 aliphatic heterocycles. The molecule has 0 unspecified atom stereocenters. The van der Waals surface area contributed by atoms with E-state index in [1.54, 1.807) is 6.20 Å². The topological polar surface area (TPSA) is 81.9 Å². The number of benzene rings is 1. The summed E-state index contributed by atoms with van der Waals surface area (Å²) < 4.78 is 7.55. The van der Waals surface area contributed by atoms with Gasteiger partial charge in [0.15, 0.2) is 12.3 Å². The molecule has 5 rings (SSSR count). The molecule has 1 amide bonds. The summed E-state index contributed by atoms with van der Waals surface area (Å²) in [4.78, 5) is 25.3. The van der Waals surface area contributed by atoms with E-state index in [1.165, 1.54) is 0 Å². The molecule has 0 bridgehead atoms. The van der Waals surface area contributed by atoms with E-state index < -0.39 is 0 Å². The van der Waals surface area contributed by atoms with Gasteiger partial charge in [-0.05, 0) is 50.2 Å².